The van der Waals surface area contributed by atoms with Crippen LogP contribution in [0, 0.1) is 11.8 Å². The molecule has 0 aromatic heterocycles. The Morgan fingerprint density at radius 1 is 0.429 bits per heavy atom. The van der Waals surface area contributed by atoms with Crippen molar-refractivity contribution in [2.75, 3.05) is 0 Å². The van der Waals surface area contributed by atoms with E-state index in [1.165, 1.54) is 0 Å². The zero-order chi connectivity index (χ0) is 23.0. The van der Waals surface area contributed by atoms with Gasteiger partial charge in [0.1, 0.15) is 0 Å². The van der Waals surface area contributed by atoms with Gasteiger partial charge in [0.05, 0.1) is 0 Å². The fourth-order valence-electron chi connectivity index (χ4n) is 1.47. The number of nitrogens with one attached hydrogen (secondary N) is 4. The van der Waals surface area contributed by atoms with E-state index in [9.17, 15) is 14.4 Å². The molecule has 0 fully saturated rings. The molecular weight excluding hydrogens is 356 g/mol. The minimum absolute atomic E-state index is 0.0926. The molecular formula is C21H46N4O3. The Kier molecular flexibility index (Phi) is 19.1. The summed E-state index contributed by atoms with van der Waals surface area (Å²) >= 11 is 0. The van der Waals surface area contributed by atoms with Crippen molar-refractivity contribution in [1.29, 1.82) is 0 Å². The molecule has 7 nitrogen and oxygen atoms in total. The predicted molar refractivity (Wildman–Crippen MR) is 118 cm³/mol. The lowest BCUT2D eigenvalue weighted by Gasteiger charge is -2.11. The van der Waals surface area contributed by atoms with E-state index in [2.05, 4.69) is 21.3 Å². The Morgan fingerprint density at radius 3 is 0.750 bits per heavy atom. The maximum absolute atomic E-state index is 10.8. The number of hydrogen-bond donors (Lipinski definition) is 4. The van der Waals surface area contributed by atoms with Crippen molar-refractivity contribution in [2.45, 2.75) is 107 Å². The lowest BCUT2D eigenvalue weighted by Crippen LogP contribution is -2.42. The van der Waals surface area contributed by atoms with E-state index in [1.54, 1.807) is 0 Å². The summed E-state index contributed by atoms with van der Waals surface area (Å²) in [6, 6.07) is 0.849. The third-order valence-corrected chi connectivity index (χ3v) is 2.75. The van der Waals surface area contributed by atoms with Crippen molar-refractivity contribution in [1.82, 2.24) is 21.3 Å². The number of hydrogen-bond acceptors (Lipinski definition) is 3. The van der Waals surface area contributed by atoms with Crippen molar-refractivity contribution in [2.24, 2.45) is 11.8 Å². The average molecular weight is 403 g/mol. The van der Waals surface area contributed by atoms with Gasteiger partial charge < -0.3 is 21.3 Å². The fraction of sp³-hybridized carbons (Fsp3) is 0.857. The van der Waals surface area contributed by atoms with Crippen molar-refractivity contribution in [3.05, 3.63) is 0 Å². The van der Waals surface area contributed by atoms with E-state index < -0.39 is 0 Å². The number of carbonyl (C=O) groups is 3. The van der Waals surface area contributed by atoms with Crippen LogP contribution in [0.5, 0.6) is 0 Å². The molecule has 0 aliphatic rings. The molecule has 0 heterocycles. The van der Waals surface area contributed by atoms with E-state index >= 15 is 0 Å². The molecule has 4 N–H and O–H groups in total. The van der Waals surface area contributed by atoms with Crippen molar-refractivity contribution in [3.8, 4) is 0 Å². The summed E-state index contributed by atoms with van der Waals surface area (Å²) in [6.07, 6.45) is 0. The molecule has 0 unspecified atom stereocenters. The highest BCUT2D eigenvalue weighted by Crippen LogP contribution is 1.92. The summed E-state index contributed by atoms with van der Waals surface area (Å²) in [6.45, 7) is 23.1. The van der Waals surface area contributed by atoms with Crippen LogP contribution in [0.15, 0.2) is 0 Å². The van der Waals surface area contributed by atoms with Gasteiger partial charge in [0.2, 0.25) is 11.8 Å². The molecule has 0 bridgehead atoms. The van der Waals surface area contributed by atoms with Crippen LogP contribution in [0.4, 0.5) is 4.79 Å². The molecule has 0 atom stereocenters. The maximum atomic E-state index is 10.8. The predicted octanol–water partition coefficient (Wildman–Crippen LogP) is 3.44. The second-order valence-electron chi connectivity index (χ2n) is 8.56. The second kappa shape index (κ2) is 17.3. The third-order valence-electron chi connectivity index (χ3n) is 2.75. The highest BCUT2D eigenvalue weighted by molar-refractivity contribution is 5.78. The number of rotatable bonds is 6. The summed E-state index contributed by atoms with van der Waals surface area (Å²) in [5.74, 6) is 0.467. The molecule has 0 aromatic rings. The zero-order valence-corrected chi connectivity index (χ0v) is 20.2. The quantitative estimate of drug-likeness (QED) is 0.547. The Hall–Kier alpha value is -1.79. The molecule has 7 heteroatoms. The minimum atomic E-state index is -0.0926. The van der Waals surface area contributed by atoms with E-state index in [4.69, 9.17) is 0 Å². The lowest BCUT2D eigenvalue weighted by atomic mass is 10.2. The van der Waals surface area contributed by atoms with Gasteiger partial charge in [0.25, 0.3) is 0 Å². The smallest absolute Gasteiger partial charge is 0.315 e. The molecule has 0 saturated heterocycles. The molecule has 0 aliphatic carbocycles. The Balaban J connectivity index is -0.000000336. The second-order valence-corrected chi connectivity index (χ2v) is 8.56. The van der Waals surface area contributed by atoms with Gasteiger partial charge in [-0.3, -0.25) is 9.59 Å². The van der Waals surface area contributed by atoms with Crippen LogP contribution in [0.25, 0.3) is 0 Å². The Labute approximate surface area is 173 Å². The van der Waals surface area contributed by atoms with Crippen LogP contribution in [-0.4, -0.2) is 42.0 Å². The first-order valence-electron chi connectivity index (χ1n) is 10.3. The molecule has 0 spiro atoms. The van der Waals surface area contributed by atoms with Crippen LogP contribution >= 0.6 is 0 Å². The van der Waals surface area contributed by atoms with Gasteiger partial charge in [-0.05, 0) is 55.4 Å². The largest absolute Gasteiger partial charge is 0.354 e. The zero-order valence-electron chi connectivity index (χ0n) is 20.2. The summed E-state index contributed by atoms with van der Waals surface area (Å²) < 4.78 is 0. The van der Waals surface area contributed by atoms with Crippen LogP contribution in [0.1, 0.15) is 83.1 Å². The first kappa shape index (κ1) is 30.9. The Bertz CT molecular complexity index is 393. The molecule has 0 aliphatic heterocycles. The van der Waals surface area contributed by atoms with Gasteiger partial charge in [0.15, 0.2) is 0 Å². The number of carbonyl (C=O) groups excluding carboxylic acids is 3. The first-order valence-corrected chi connectivity index (χ1v) is 10.3. The molecule has 0 rings (SSSR count). The van der Waals surface area contributed by atoms with Gasteiger partial charge >= 0.3 is 6.03 Å². The van der Waals surface area contributed by atoms with Gasteiger partial charge in [0, 0.05) is 36.0 Å². The van der Waals surface area contributed by atoms with Crippen LogP contribution in [0.3, 0.4) is 0 Å². The van der Waals surface area contributed by atoms with Gasteiger partial charge in [-0.2, -0.15) is 0 Å². The maximum Gasteiger partial charge on any atom is 0.315 e. The van der Waals surface area contributed by atoms with Crippen molar-refractivity contribution >= 4 is 17.8 Å². The van der Waals surface area contributed by atoms with E-state index in [1.807, 2.05) is 83.1 Å². The summed E-state index contributed by atoms with van der Waals surface area (Å²) in [7, 11) is 0. The van der Waals surface area contributed by atoms with Gasteiger partial charge in [-0.1, -0.05) is 27.7 Å². The van der Waals surface area contributed by atoms with E-state index in [0.717, 1.165) is 0 Å². The van der Waals surface area contributed by atoms with Crippen molar-refractivity contribution < 1.29 is 14.4 Å². The SMILES string of the molecule is CC(C)NC(=O)C(C)C.CC(C)NC(=O)C(C)C.CC(C)NC(=O)NC(C)C. The highest BCUT2D eigenvalue weighted by Gasteiger charge is 2.07. The highest BCUT2D eigenvalue weighted by atomic mass is 16.2. The first-order chi connectivity index (χ1) is 12.6. The normalized spacial score (nSPS) is 10.4. The van der Waals surface area contributed by atoms with E-state index in [-0.39, 0.29) is 53.8 Å². The Morgan fingerprint density at radius 2 is 0.643 bits per heavy atom. The molecule has 0 radical (unpaired) electrons. The van der Waals surface area contributed by atoms with Gasteiger partial charge in [-0.15, -0.1) is 0 Å². The topological polar surface area (TPSA) is 99.3 Å². The van der Waals surface area contributed by atoms with Crippen LogP contribution in [-0.2, 0) is 9.59 Å². The molecule has 168 valence electrons. The minimum Gasteiger partial charge on any atom is -0.354 e. The standard InChI is InChI=1S/C7H16N2O.2C7H15NO/c1-5(2)8-7(10)9-6(3)4;2*1-5(2)7(9)8-6(3)4/h5-6H,1-4H3,(H2,8,9,10);2*5-6H,1-4H3,(H,8,9). The van der Waals surface area contributed by atoms with Crippen molar-refractivity contribution in [3.63, 3.8) is 0 Å². The molecule has 0 saturated carbocycles. The monoisotopic (exact) mass is 402 g/mol. The van der Waals surface area contributed by atoms with Gasteiger partial charge in [-0.25, -0.2) is 4.79 Å². The number of urea groups is 1. The summed E-state index contributed by atoms with van der Waals surface area (Å²) in [4.78, 5) is 32.5. The van der Waals surface area contributed by atoms with Crippen LogP contribution < -0.4 is 21.3 Å². The fourth-order valence-corrected chi connectivity index (χ4v) is 1.47. The third kappa shape index (κ3) is 26.4. The molecule has 28 heavy (non-hydrogen) atoms. The average Bonchev–Trinajstić information content (AvgIpc) is 2.44. The summed E-state index contributed by atoms with van der Waals surface area (Å²) in [5.41, 5.74) is 0. The molecule has 4 amide bonds. The van der Waals surface area contributed by atoms with E-state index in [0.29, 0.717) is 0 Å². The number of amides is 4. The summed E-state index contributed by atoms with van der Waals surface area (Å²) in [5, 5.41) is 11.1. The molecule has 0 aromatic carbocycles. The lowest BCUT2D eigenvalue weighted by molar-refractivity contribution is -0.125. The van der Waals surface area contributed by atoms with Crippen LogP contribution in [0.2, 0.25) is 0 Å².